The summed E-state index contributed by atoms with van der Waals surface area (Å²) in [4.78, 5) is 17.4. The van der Waals surface area contributed by atoms with Gasteiger partial charge in [0.2, 0.25) is 0 Å². The third-order valence-corrected chi connectivity index (χ3v) is 6.34. The van der Waals surface area contributed by atoms with Gasteiger partial charge in [0.05, 0.1) is 17.2 Å². The Morgan fingerprint density at radius 1 is 0.906 bits per heavy atom. The second-order valence-electron chi connectivity index (χ2n) is 8.07. The third kappa shape index (κ3) is 3.19. The van der Waals surface area contributed by atoms with Crippen LogP contribution in [0.5, 0.6) is 0 Å². The molecule has 0 fully saturated rings. The molecule has 4 heteroatoms. The highest BCUT2D eigenvalue weighted by molar-refractivity contribution is 6.21. The van der Waals surface area contributed by atoms with Gasteiger partial charge in [-0.05, 0) is 55.3 Å². The Bertz CT molecular complexity index is 1250. The van der Waals surface area contributed by atoms with Crippen LogP contribution in [0.15, 0.2) is 95.4 Å². The van der Waals surface area contributed by atoms with E-state index in [4.69, 9.17) is 0 Å². The lowest BCUT2D eigenvalue weighted by Gasteiger charge is -2.34. The molecule has 1 N–H and O–H groups in total. The number of rotatable bonds is 4. The fraction of sp³-hybridized carbons (Fsp3) is 0.179. The van der Waals surface area contributed by atoms with Gasteiger partial charge in [-0.25, -0.2) is 0 Å². The van der Waals surface area contributed by atoms with Crippen LogP contribution in [0.3, 0.4) is 0 Å². The Morgan fingerprint density at radius 3 is 2.28 bits per heavy atom. The number of fused-ring (bicyclic) bond motifs is 2. The van der Waals surface area contributed by atoms with Crippen LogP contribution in [0.1, 0.15) is 25.0 Å². The smallest absolute Gasteiger partial charge is 0.200 e. The van der Waals surface area contributed by atoms with Crippen molar-refractivity contribution in [2.24, 2.45) is 0 Å². The minimum Gasteiger partial charge on any atom is -0.506 e. The van der Waals surface area contributed by atoms with Gasteiger partial charge in [0.25, 0.3) is 0 Å². The van der Waals surface area contributed by atoms with Gasteiger partial charge < -0.3 is 14.9 Å². The van der Waals surface area contributed by atoms with Crippen molar-refractivity contribution < 1.29 is 9.90 Å². The number of hydrogen-bond acceptors (Lipinski definition) is 4. The van der Waals surface area contributed by atoms with E-state index in [0.29, 0.717) is 11.1 Å². The van der Waals surface area contributed by atoms with Crippen LogP contribution < -0.4 is 9.80 Å². The first-order chi connectivity index (χ1) is 15.6. The molecule has 4 nitrogen and oxygen atoms in total. The van der Waals surface area contributed by atoms with Crippen molar-refractivity contribution in [2.45, 2.75) is 19.9 Å². The first-order valence-electron chi connectivity index (χ1n) is 11.1. The number of nitrogens with zero attached hydrogens (tertiary/aromatic N) is 2. The third-order valence-electron chi connectivity index (χ3n) is 6.34. The molecule has 1 aliphatic carbocycles. The zero-order chi connectivity index (χ0) is 22.2. The standard InChI is InChI=1S/C28H26N2O2/c1-3-29-21(15-13-19-9-5-7-11-25(19)29)17-23-27(31)24(28(23)32)18-22-16-14-20-10-6-8-12-26(20)30(22)4-2/h5-18,21,31H,3-4H2,1-2H3/b22-18+,23-17-. The highest BCUT2D eigenvalue weighted by atomic mass is 16.3. The van der Waals surface area contributed by atoms with Gasteiger partial charge in [0, 0.05) is 30.2 Å². The van der Waals surface area contributed by atoms with Gasteiger partial charge in [-0.2, -0.15) is 0 Å². The summed E-state index contributed by atoms with van der Waals surface area (Å²) in [5.74, 6) is -0.0317. The number of aliphatic hydroxyl groups is 1. The Kier molecular flexibility index (Phi) is 5.06. The van der Waals surface area contributed by atoms with Crippen LogP contribution >= 0.6 is 0 Å². The van der Waals surface area contributed by atoms with Gasteiger partial charge in [-0.15, -0.1) is 0 Å². The van der Waals surface area contributed by atoms with E-state index in [2.05, 4.69) is 60.1 Å². The van der Waals surface area contributed by atoms with E-state index in [1.807, 2.05) is 42.5 Å². The Hall–Kier alpha value is -3.79. The molecular weight excluding hydrogens is 396 g/mol. The molecule has 0 aromatic heterocycles. The highest BCUT2D eigenvalue weighted by Crippen LogP contribution is 2.36. The number of anilines is 2. The fourth-order valence-electron chi connectivity index (χ4n) is 4.69. The Balaban J connectivity index is 1.46. The molecule has 0 amide bonds. The largest absolute Gasteiger partial charge is 0.506 e. The number of benzene rings is 2. The average molecular weight is 423 g/mol. The van der Waals surface area contributed by atoms with Crippen LogP contribution in [0, 0.1) is 0 Å². The second-order valence-corrected chi connectivity index (χ2v) is 8.07. The summed E-state index contributed by atoms with van der Waals surface area (Å²) in [6.45, 7) is 5.76. The van der Waals surface area contributed by atoms with Crippen LogP contribution in [0.2, 0.25) is 0 Å². The minimum absolute atomic E-state index is 0.0706. The van der Waals surface area contributed by atoms with Crippen molar-refractivity contribution in [1.82, 2.24) is 0 Å². The first-order valence-corrected chi connectivity index (χ1v) is 11.1. The lowest BCUT2D eigenvalue weighted by atomic mass is 9.85. The SMILES string of the molecule is CCN1/C(=C/C2=C(O)C(=C/C3C=Cc4ccccc4N3CC)/C2=O)C=Cc2ccccc21. The van der Waals surface area contributed by atoms with Crippen LogP contribution in [0.4, 0.5) is 11.4 Å². The summed E-state index contributed by atoms with van der Waals surface area (Å²) >= 11 is 0. The van der Waals surface area contributed by atoms with Crippen molar-refractivity contribution in [3.8, 4) is 0 Å². The average Bonchev–Trinajstić information content (AvgIpc) is 2.84. The van der Waals surface area contributed by atoms with Crippen molar-refractivity contribution in [3.63, 3.8) is 0 Å². The van der Waals surface area contributed by atoms with E-state index in [0.717, 1.165) is 41.3 Å². The molecule has 2 heterocycles. The molecule has 0 bridgehead atoms. The zero-order valence-electron chi connectivity index (χ0n) is 18.3. The van der Waals surface area contributed by atoms with E-state index < -0.39 is 0 Å². The van der Waals surface area contributed by atoms with E-state index in [9.17, 15) is 9.90 Å². The number of aliphatic hydroxyl groups excluding tert-OH is 1. The Morgan fingerprint density at radius 2 is 1.59 bits per heavy atom. The fourth-order valence-corrected chi connectivity index (χ4v) is 4.69. The number of ketones is 1. The van der Waals surface area contributed by atoms with E-state index in [1.165, 1.54) is 0 Å². The summed E-state index contributed by atoms with van der Waals surface area (Å²) in [5.41, 5.74) is 6.23. The maximum atomic E-state index is 13.0. The first kappa shape index (κ1) is 20.1. The molecule has 2 aromatic rings. The van der Waals surface area contributed by atoms with E-state index in [-0.39, 0.29) is 17.6 Å². The van der Waals surface area contributed by atoms with Crippen molar-refractivity contribution in [3.05, 3.63) is 107 Å². The predicted octanol–water partition coefficient (Wildman–Crippen LogP) is 5.67. The molecule has 32 heavy (non-hydrogen) atoms. The van der Waals surface area contributed by atoms with Crippen molar-refractivity contribution >= 4 is 29.3 Å². The number of likely N-dealkylation sites (N-methyl/N-ethyl adjacent to an activating group) is 2. The number of hydrogen-bond donors (Lipinski definition) is 1. The zero-order valence-corrected chi connectivity index (χ0v) is 18.3. The second kappa shape index (κ2) is 8.04. The molecule has 5 rings (SSSR count). The van der Waals surface area contributed by atoms with Gasteiger partial charge in [-0.1, -0.05) is 54.6 Å². The topological polar surface area (TPSA) is 43.8 Å². The number of Topliss-reactive ketones (excluding diaryl/α,β-unsaturated/α-hetero) is 1. The maximum Gasteiger partial charge on any atom is 0.200 e. The molecule has 2 aromatic carbocycles. The molecular formula is C28H26N2O2. The van der Waals surface area contributed by atoms with Crippen molar-refractivity contribution in [1.29, 1.82) is 0 Å². The molecule has 0 radical (unpaired) electrons. The predicted molar refractivity (Wildman–Crippen MR) is 132 cm³/mol. The number of carbonyl (C=O) groups is 1. The van der Waals surface area contributed by atoms with Gasteiger partial charge >= 0.3 is 0 Å². The van der Waals surface area contributed by atoms with Gasteiger partial charge in [0.1, 0.15) is 5.76 Å². The summed E-state index contributed by atoms with van der Waals surface area (Å²) < 4.78 is 0. The summed E-state index contributed by atoms with van der Waals surface area (Å²) in [6.07, 6.45) is 11.9. The summed E-state index contributed by atoms with van der Waals surface area (Å²) in [7, 11) is 0. The number of para-hydroxylation sites is 2. The molecule has 0 spiro atoms. The van der Waals surface area contributed by atoms with E-state index >= 15 is 0 Å². The van der Waals surface area contributed by atoms with Gasteiger partial charge in [0.15, 0.2) is 5.78 Å². The molecule has 0 saturated heterocycles. The lowest BCUT2D eigenvalue weighted by molar-refractivity contribution is -0.113. The molecule has 1 unspecified atom stereocenters. The highest BCUT2D eigenvalue weighted by Gasteiger charge is 2.34. The van der Waals surface area contributed by atoms with Crippen molar-refractivity contribution in [2.75, 3.05) is 22.9 Å². The quantitative estimate of drug-likeness (QED) is 0.645. The number of carbonyl (C=O) groups excluding carboxylic acids is 1. The molecule has 0 saturated carbocycles. The van der Waals surface area contributed by atoms with Crippen LogP contribution in [-0.2, 0) is 4.79 Å². The van der Waals surface area contributed by atoms with Crippen LogP contribution in [0.25, 0.3) is 12.2 Å². The van der Waals surface area contributed by atoms with Crippen LogP contribution in [-0.4, -0.2) is 30.0 Å². The molecule has 2 aliphatic heterocycles. The summed E-state index contributed by atoms with van der Waals surface area (Å²) in [5, 5.41) is 10.8. The van der Waals surface area contributed by atoms with Gasteiger partial charge in [-0.3, -0.25) is 4.79 Å². The number of allylic oxidation sites excluding steroid dienone is 4. The lowest BCUT2D eigenvalue weighted by Crippen LogP contribution is -2.36. The molecule has 160 valence electrons. The van der Waals surface area contributed by atoms with E-state index in [1.54, 1.807) is 6.08 Å². The Labute approximate surface area is 188 Å². The monoisotopic (exact) mass is 422 g/mol. The normalized spacial score (nSPS) is 21.8. The minimum atomic E-state index is -0.110. The molecule has 3 aliphatic rings. The summed E-state index contributed by atoms with van der Waals surface area (Å²) in [6, 6.07) is 16.3. The molecule has 1 atom stereocenters. The maximum absolute atomic E-state index is 13.0.